The van der Waals surface area contributed by atoms with Crippen LogP contribution in [0.5, 0.6) is 17.4 Å². The SMILES string of the molecule is O=CCC(Cc1cc(OCCc2ccc3c(n2)NCCC3)n(-c2ccccc2)n1)c1ccc2c(c1)OCO2. The summed E-state index contributed by atoms with van der Waals surface area (Å²) in [5.41, 5.74) is 5.06. The minimum absolute atomic E-state index is 0.0406. The minimum atomic E-state index is -0.0406. The first-order valence-corrected chi connectivity index (χ1v) is 13.1. The highest BCUT2D eigenvalue weighted by Crippen LogP contribution is 2.36. The Morgan fingerprint density at radius 3 is 2.82 bits per heavy atom. The van der Waals surface area contributed by atoms with Crippen LogP contribution in [0.25, 0.3) is 5.69 Å². The number of ether oxygens (including phenoxy) is 3. The summed E-state index contributed by atoms with van der Waals surface area (Å²) >= 11 is 0. The fraction of sp³-hybridized carbons (Fsp3) is 0.300. The Kier molecular flexibility index (Phi) is 6.93. The van der Waals surface area contributed by atoms with E-state index in [1.54, 1.807) is 0 Å². The number of anilines is 1. The molecule has 8 nitrogen and oxygen atoms in total. The van der Waals surface area contributed by atoms with E-state index in [1.165, 1.54) is 5.56 Å². The molecule has 0 saturated carbocycles. The van der Waals surface area contributed by atoms with Gasteiger partial charge in [0.05, 0.1) is 18.0 Å². The average Bonchev–Trinajstić information content (AvgIpc) is 3.60. The first-order valence-electron chi connectivity index (χ1n) is 13.1. The number of nitrogens with one attached hydrogen (secondary N) is 1. The van der Waals surface area contributed by atoms with Crippen molar-refractivity contribution in [3.63, 3.8) is 0 Å². The molecular formula is C30H30N4O4. The third-order valence-corrected chi connectivity index (χ3v) is 6.99. The van der Waals surface area contributed by atoms with Crippen LogP contribution in [0.2, 0.25) is 0 Å². The zero-order valence-electron chi connectivity index (χ0n) is 21.1. The van der Waals surface area contributed by atoms with Crippen molar-refractivity contribution in [3.05, 3.63) is 89.2 Å². The predicted molar refractivity (Wildman–Crippen MR) is 144 cm³/mol. The molecule has 1 N–H and O–H groups in total. The van der Waals surface area contributed by atoms with Gasteiger partial charge in [0.25, 0.3) is 0 Å². The number of nitrogens with zero attached hydrogens (tertiary/aromatic N) is 3. The molecule has 1 atom stereocenters. The maximum atomic E-state index is 11.6. The molecule has 4 heterocycles. The van der Waals surface area contributed by atoms with Crippen molar-refractivity contribution in [3.8, 4) is 23.1 Å². The van der Waals surface area contributed by atoms with E-state index in [-0.39, 0.29) is 12.7 Å². The highest BCUT2D eigenvalue weighted by atomic mass is 16.7. The molecule has 0 amide bonds. The van der Waals surface area contributed by atoms with Gasteiger partial charge in [0.1, 0.15) is 12.1 Å². The lowest BCUT2D eigenvalue weighted by Gasteiger charge is -2.17. The number of carbonyl (C=O) groups is 1. The summed E-state index contributed by atoms with van der Waals surface area (Å²) in [7, 11) is 0. The molecule has 1 unspecified atom stereocenters. The lowest BCUT2D eigenvalue weighted by molar-refractivity contribution is -0.108. The molecule has 0 bridgehead atoms. The Morgan fingerprint density at radius 2 is 1.92 bits per heavy atom. The number of pyridine rings is 1. The third kappa shape index (κ3) is 5.20. The van der Waals surface area contributed by atoms with Crippen LogP contribution in [0.4, 0.5) is 5.82 Å². The van der Waals surface area contributed by atoms with E-state index >= 15 is 0 Å². The molecular weight excluding hydrogens is 480 g/mol. The lowest BCUT2D eigenvalue weighted by Crippen LogP contribution is -2.14. The number of rotatable bonds is 10. The molecule has 0 radical (unpaired) electrons. The van der Waals surface area contributed by atoms with Gasteiger partial charge in [0, 0.05) is 31.1 Å². The Morgan fingerprint density at radius 1 is 1.03 bits per heavy atom. The molecule has 4 aromatic rings. The molecule has 2 aliphatic rings. The lowest BCUT2D eigenvalue weighted by atomic mass is 9.91. The first-order chi connectivity index (χ1) is 18.8. The van der Waals surface area contributed by atoms with Gasteiger partial charge < -0.3 is 24.3 Å². The van der Waals surface area contributed by atoms with Crippen molar-refractivity contribution in [2.75, 3.05) is 25.3 Å². The number of benzene rings is 2. The summed E-state index contributed by atoms with van der Waals surface area (Å²) in [6.45, 7) is 1.66. The summed E-state index contributed by atoms with van der Waals surface area (Å²) < 4.78 is 19.1. The van der Waals surface area contributed by atoms with Gasteiger partial charge in [0.2, 0.25) is 12.7 Å². The maximum absolute atomic E-state index is 11.6. The number of hydrogen-bond acceptors (Lipinski definition) is 7. The van der Waals surface area contributed by atoms with E-state index in [2.05, 4.69) is 17.4 Å². The second kappa shape index (κ2) is 11.0. The topological polar surface area (TPSA) is 87.5 Å². The van der Waals surface area contributed by atoms with Crippen molar-refractivity contribution in [2.24, 2.45) is 0 Å². The zero-order valence-corrected chi connectivity index (χ0v) is 21.1. The molecule has 2 aromatic carbocycles. The van der Waals surface area contributed by atoms with Gasteiger partial charge in [-0.05, 0) is 66.6 Å². The van der Waals surface area contributed by atoms with Gasteiger partial charge in [-0.3, -0.25) is 0 Å². The number of aryl methyl sites for hydroxylation is 1. The fourth-order valence-corrected chi connectivity index (χ4v) is 5.01. The number of para-hydroxylation sites is 1. The van der Waals surface area contributed by atoms with Crippen molar-refractivity contribution in [1.82, 2.24) is 14.8 Å². The first kappa shape index (κ1) is 24.0. The highest BCUT2D eigenvalue weighted by Gasteiger charge is 2.21. The maximum Gasteiger partial charge on any atom is 0.231 e. The van der Waals surface area contributed by atoms with Gasteiger partial charge in [-0.1, -0.05) is 30.3 Å². The third-order valence-electron chi connectivity index (χ3n) is 6.99. The van der Waals surface area contributed by atoms with Crippen molar-refractivity contribution < 1.29 is 19.0 Å². The summed E-state index contributed by atoms with van der Waals surface area (Å²) in [5.74, 6) is 3.06. The standard InChI is InChI=1S/C30H30N4O4/c35-15-12-23(22-9-11-27-28(18-22)38-20-37-27)17-25-19-29(34(33-25)26-6-2-1-3-7-26)36-16-13-24-10-8-21-5-4-14-31-30(21)32-24/h1-3,6-11,15,18-19,23H,4-5,12-14,16-17,20H2,(H,31,32). The molecule has 8 heteroatoms. The van der Waals surface area contributed by atoms with Crippen LogP contribution in [0.3, 0.4) is 0 Å². The molecule has 2 aliphatic heterocycles. The number of aromatic nitrogens is 3. The van der Waals surface area contributed by atoms with Gasteiger partial charge in [-0.15, -0.1) is 0 Å². The summed E-state index contributed by atoms with van der Waals surface area (Å²) in [6, 6.07) is 22.0. The smallest absolute Gasteiger partial charge is 0.231 e. The molecule has 194 valence electrons. The Bertz CT molecular complexity index is 1420. The monoisotopic (exact) mass is 510 g/mol. The van der Waals surface area contributed by atoms with Crippen molar-refractivity contribution in [2.45, 2.75) is 38.0 Å². The largest absolute Gasteiger partial charge is 0.477 e. The van der Waals surface area contributed by atoms with Gasteiger partial charge >= 0.3 is 0 Å². The van der Waals surface area contributed by atoms with E-state index in [0.717, 1.165) is 59.9 Å². The van der Waals surface area contributed by atoms with Crippen LogP contribution < -0.4 is 19.5 Å². The van der Waals surface area contributed by atoms with E-state index in [1.807, 2.05) is 59.3 Å². The van der Waals surface area contributed by atoms with E-state index in [0.29, 0.717) is 37.5 Å². The number of hydrogen-bond donors (Lipinski definition) is 1. The predicted octanol–water partition coefficient (Wildman–Crippen LogP) is 4.89. The number of fused-ring (bicyclic) bond motifs is 2. The Balaban J connectivity index is 1.21. The van der Waals surface area contributed by atoms with Gasteiger partial charge in [-0.25, -0.2) is 9.67 Å². The highest BCUT2D eigenvalue weighted by molar-refractivity contribution is 5.53. The summed E-state index contributed by atoms with van der Waals surface area (Å²) in [5, 5.41) is 8.27. The van der Waals surface area contributed by atoms with E-state index < -0.39 is 0 Å². The normalized spacial score (nSPS) is 14.4. The second-order valence-corrected chi connectivity index (χ2v) is 9.58. The van der Waals surface area contributed by atoms with Gasteiger partial charge in [0.15, 0.2) is 11.5 Å². The van der Waals surface area contributed by atoms with E-state index in [4.69, 9.17) is 24.3 Å². The molecule has 6 rings (SSSR count). The fourth-order valence-electron chi connectivity index (χ4n) is 5.01. The van der Waals surface area contributed by atoms with Gasteiger partial charge in [-0.2, -0.15) is 5.10 Å². The molecule has 0 aliphatic carbocycles. The minimum Gasteiger partial charge on any atom is -0.477 e. The molecule has 38 heavy (non-hydrogen) atoms. The summed E-state index contributed by atoms with van der Waals surface area (Å²) in [6.07, 6.45) is 4.84. The zero-order chi connectivity index (χ0) is 25.7. The molecule has 0 fully saturated rings. The van der Waals surface area contributed by atoms with Crippen molar-refractivity contribution >= 4 is 12.1 Å². The summed E-state index contributed by atoms with van der Waals surface area (Å²) in [4.78, 5) is 16.3. The van der Waals surface area contributed by atoms with Crippen molar-refractivity contribution in [1.29, 1.82) is 0 Å². The van der Waals surface area contributed by atoms with Crippen LogP contribution >= 0.6 is 0 Å². The second-order valence-electron chi connectivity index (χ2n) is 9.58. The van der Waals surface area contributed by atoms with Crippen LogP contribution in [-0.4, -0.2) is 41.0 Å². The number of carbonyl (C=O) groups excluding carboxylic acids is 1. The van der Waals surface area contributed by atoms with Crippen LogP contribution in [0, 0.1) is 0 Å². The number of aldehydes is 1. The van der Waals surface area contributed by atoms with Crippen LogP contribution in [-0.2, 0) is 24.1 Å². The van der Waals surface area contributed by atoms with Crippen LogP contribution in [0.15, 0.2) is 66.7 Å². The Hall–Kier alpha value is -4.33. The quantitative estimate of drug-likeness (QED) is 0.304. The molecule has 0 spiro atoms. The van der Waals surface area contributed by atoms with E-state index in [9.17, 15) is 4.79 Å². The molecule has 0 saturated heterocycles. The Labute approximate surface area is 221 Å². The van der Waals surface area contributed by atoms with Crippen LogP contribution in [0.1, 0.15) is 41.3 Å². The average molecular weight is 511 g/mol. The molecule has 2 aromatic heterocycles.